The lowest BCUT2D eigenvalue weighted by molar-refractivity contribution is -0.131. The van der Waals surface area contributed by atoms with Gasteiger partial charge in [0.15, 0.2) is 15.1 Å². The second kappa shape index (κ2) is 4.48. The molecule has 0 saturated heterocycles. The maximum atomic E-state index is 12.3. The number of rotatable bonds is 4. The molecule has 0 bridgehead atoms. The summed E-state index contributed by atoms with van der Waals surface area (Å²) in [5.74, 6) is 0. The Bertz CT molecular complexity index is 271. The van der Waals surface area contributed by atoms with E-state index in [1.165, 1.54) is 13.8 Å². The summed E-state index contributed by atoms with van der Waals surface area (Å²) in [6.45, 7) is 2.16. The number of sulfone groups is 1. The quantitative estimate of drug-likeness (QED) is 0.790. The highest BCUT2D eigenvalue weighted by atomic mass is 32.2. The Kier molecular flexibility index (Phi) is 4.38. The third-order valence-corrected chi connectivity index (χ3v) is 4.46. The molecule has 0 aliphatic carbocycles. The van der Waals surface area contributed by atoms with Crippen LogP contribution in [0.1, 0.15) is 20.3 Å². The predicted octanol–water partition coefficient (Wildman–Crippen LogP) is 1.09. The van der Waals surface area contributed by atoms with Gasteiger partial charge in [0.1, 0.15) is 0 Å². The second-order valence-corrected chi connectivity index (χ2v) is 5.94. The topological polar surface area (TPSA) is 60.2 Å². The molecule has 7 heteroatoms. The summed E-state index contributed by atoms with van der Waals surface area (Å²) in [6, 6.07) is 0. The SMILES string of the molecule is CC(C)S(=O)(=O)C(CCN)C(F)(F)F. The van der Waals surface area contributed by atoms with Crippen LogP contribution >= 0.6 is 0 Å². The van der Waals surface area contributed by atoms with Crippen LogP contribution in [0.2, 0.25) is 0 Å². The van der Waals surface area contributed by atoms with Gasteiger partial charge in [-0.1, -0.05) is 0 Å². The first-order valence-electron chi connectivity index (χ1n) is 4.13. The van der Waals surface area contributed by atoms with E-state index in [-0.39, 0.29) is 6.54 Å². The van der Waals surface area contributed by atoms with Crippen molar-refractivity contribution >= 4 is 9.84 Å². The number of halogens is 3. The molecular formula is C7H14F3NO2S. The lowest BCUT2D eigenvalue weighted by atomic mass is 10.3. The molecule has 0 saturated carbocycles. The molecule has 0 heterocycles. The Hall–Kier alpha value is -0.300. The van der Waals surface area contributed by atoms with Gasteiger partial charge < -0.3 is 5.73 Å². The van der Waals surface area contributed by atoms with E-state index in [2.05, 4.69) is 0 Å². The Morgan fingerprint density at radius 3 is 1.93 bits per heavy atom. The van der Waals surface area contributed by atoms with Gasteiger partial charge in [0.25, 0.3) is 0 Å². The fourth-order valence-electron chi connectivity index (χ4n) is 0.994. The lowest BCUT2D eigenvalue weighted by Crippen LogP contribution is -2.41. The first-order chi connectivity index (χ1) is 6.14. The highest BCUT2D eigenvalue weighted by molar-refractivity contribution is 7.92. The minimum absolute atomic E-state index is 0.296. The van der Waals surface area contributed by atoms with Crippen molar-refractivity contribution in [3.63, 3.8) is 0 Å². The summed E-state index contributed by atoms with van der Waals surface area (Å²) in [5.41, 5.74) is 4.96. The lowest BCUT2D eigenvalue weighted by Gasteiger charge is -2.21. The Morgan fingerprint density at radius 2 is 1.71 bits per heavy atom. The van der Waals surface area contributed by atoms with E-state index in [1.807, 2.05) is 0 Å². The minimum Gasteiger partial charge on any atom is -0.330 e. The monoisotopic (exact) mass is 233 g/mol. The van der Waals surface area contributed by atoms with Crippen molar-refractivity contribution < 1.29 is 21.6 Å². The van der Waals surface area contributed by atoms with Crippen molar-refractivity contribution in [1.29, 1.82) is 0 Å². The summed E-state index contributed by atoms with van der Waals surface area (Å²) in [4.78, 5) is 0. The van der Waals surface area contributed by atoms with E-state index >= 15 is 0 Å². The van der Waals surface area contributed by atoms with E-state index < -0.39 is 32.9 Å². The van der Waals surface area contributed by atoms with Crippen molar-refractivity contribution in [3.8, 4) is 0 Å². The molecule has 0 fully saturated rings. The van der Waals surface area contributed by atoms with Crippen LogP contribution in [0.5, 0.6) is 0 Å². The standard InChI is InChI=1S/C7H14F3NO2S/c1-5(2)14(12,13)6(3-4-11)7(8,9)10/h5-6H,3-4,11H2,1-2H3. The third kappa shape index (κ3) is 3.13. The van der Waals surface area contributed by atoms with Crippen LogP contribution in [0.25, 0.3) is 0 Å². The number of hydrogen-bond donors (Lipinski definition) is 1. The van der Waals surface area contributed by atoms with Crippen LogP contribution in [0, 0.1) is 0 Å². The number of hydrogen-bond acceptors (Lipinski definition) is 3. The van der Waals surface area contributed by atoms with Crippen molar-refractivity contribution in [2.75, 3.05) is 6.54 Å². The van der Waals surface area contributed by atoms with Crippen molar-refractivity contribution in [3.05, 3.63) is 0 Å². The fraction of sp³-hybridized carbons (Fsp3) is 1.00. The number of nitrogens with two attached hydrogens (primary N) is 1. The molecule has 0 spiro atoms. The van der Waals surface area contributed by atoms with E-state index in [1.54, 1.807) is 0 Å². The molecule has 0 radical (unpaired) electrons. The van der Waals surface area contributed by atoms with Gasteiger partial charge in [0.2, 0.25) is 0 Å². The van der Waals surface area contributed by atoms with E-state index in [9.17, 15) is 21.6 Å². The van der Waals surface area contributed by atoms with E-state index in [0.29, 0.717) is 0 Å². The highest BCUT2D eigenvalue weighted by Gasteiger charge is 2.48. The Labute approximate surface area is 81.4 Å². The van der Waals surface area contributed by atoms with Gasteiger partial charge >= 0.3 is 6.18 Å². The highest BCUT2D eigenvalue weighted by Crippen LogP contribution is 2.30. The Balaban J connectivity index is 5.04. The summed E-state index contributed by atoms with van der Waals surface area (Å²) >= 11 is 0. The molecule has 0 aromatic carbocycles. The first-order valence-corrected chi connectivity index (χ1v) is 5.74. The van der Waals surface area contributed by atoms with Gasteiger partial charge in [-0.15, -0.1) is 0 Å². The van der Waals surface area contributed by atoms with E-state index in [4.69, 9.17) is 5.73 Å². The molecule has 14 heavy (non-hydrogen) atoms. The van der Waals surface area contributed by atoms with Gasteiger partial charge in [0, 0.05) is 0 Å². The van der Waals surface area contributed by atoms with Gasteiger partial charge in [0.05, 0.1) is 5.25 Å². The first kappa shape index (κ1) is 13.7. The summed E-state index contributed by atoms with van der Waals surface area (Å²) in [6.07, 6.45) is -5.31. The Morgan fingerprint density at radius 1 is 1.29 bits per heavy atom. The van der Waals surface area contributed by atoms with Crippen LogP contribution in [-0.2, 0) is 9.84 Å². The molecule has 0 aliphatic heterocycles. The van der Waals surface area contributed by atoms with Crippen LogP contribution in [0.3, 0.4) is 0 Å². The maximum Gasteiger partial charge on any atom is 0.405 e. The summed E-state index contributed by atoms with van der Waals surface area (Å²) in [5, 5.41) is -3.37. The molecule has 86 valence electrons. The van der Waals surface area contributed by atoms with Gasteiger partial charge in [-0.3, -0.25) is 0 Å². The molecule has 0 amide bonds. The van der Waals surface area contributed by atoms with Crippen molar-refractivity contribution in [1.82, 2.24) is 0 Å². The predicted molar refractivity (Wildman–Crippen MR) is 47.6 cm³/mol. The zero-order valence-electron chi connectivity index (χ0n) is 8.00. The zero-order chi connectivity index (χ0) is 11.6. The van der Waals surface area contributed by atoms with Gasteiger partial charge in [-0.2, -0.15) is 13.2 Å². The maximum absolute atomic E-state index is 12.3. The molecule has 1 atom stereocenters. The van der Waals surface area contributed by atoms with Gasteiger partial charge in [-0.05, 0) is 26.8 Å². The average molecular weight is 233 g/mol. The van der Waals surface area contributed by atoms with Crippen molar-refractivity contribution in [2.45, 2.75) is 36.9 Å². The fourth-order valence-corrected chi connectivity index (χ4v) is 2.49. The smallest absolute Gasteiger partial charge is 0.330 e. The normalized spacial score (nSPS) is 15.9. The zero-order valence-corrected chi connectivity index (χ0v) is 8.82. The second-order valence-electron chi connectivity index (χ2n) is 3.25. The minimum atomic E-state index is -4.73. The van der Waals surface area contributed by atoms with Gasteiger partial charge in [-0.25, -0.2) is 8.42 Å². The molecule has 1 unspecified atom stereocenters. The molecule has 0 aromatic heterocycles. The van der Waals surface area contributed by atoms with Crippen LogP contribution in [0.15, 0.2) is 0 Å². The molecule has 0 rings (SSSR count). The molecule has 3 nitrogen and oxygen atoms in total. The molecule has 2 N–H and O–H groups in total. The van der Waals surface area contributed by atoms with E-state index in [0.717, 1.165) is 0 Å². The molecule has 0 aliphatic rings. The van der Waals surface area contributed by atoms with Crippen LogP contribution < -0.4 is 5.73 Å². The average Bonchev–Trinajstić information content (AvgIpc) is 1.97. The molecular weight excluding hydrogens is 219 g/mol. The summed E-state index contributed by atoms with van der Waals surface area (Å²) in [7, 11) is -4.16. The van der Waals surface area contributed by atoms with Crippen molar-refractivity contribution in [2.24, 2.45) is 5.73 Å². The summed E-state index contributed by atoms with van der Waals surface area (Å²) < 4.78 is 59.6. The van der Waals surface area contributed by atoms with Crippen LogP contribution in [0.4, 0.5) is 13.2 Å². The molecule has 0 aromatic rings. The number of alkyl halides is 3. The van der Waals surface area contributed by atoms with Crippen LogP contribution in [-0.4, -0.2) is 31.6 Å². The largest absolute Gasteiger partial charge is 0.405 e. The third-order valence-electron chi connectivity index (χ3n) is 1.85.